The summed E-state index contributed by atoms with van der Waals surface area (Å²) < 4.78 is 26.9. The van der Waals surface area contributed by atoms with Crippen LogP contribution in [0.1, 0.15) is 17.7 Å². The quantitative estimate of drug-likeness (QED) is 0.606. The zero-order chi connectivity index (χ0) is 18.6. The third-order valence-electron chi connectivity index (χ3n) is 4.12. The van der Waals surface area contributed by atoms with Crippen LogP contribution in [-0.4, -0.2) is 37.9 Å². The molecule has 0 unspecified atom stereocenters. The number of thiophene rings is 1. The molecular formula is C17H18ClN3O3S2. The van der Waals surface area contributed by atoms with Crippen molar-refractivity contribution in [2.45, 2.75) is 17.7 Å². The number of benzene rings is 1. The van der Waals surface area contributed by atoms with Crippen LogP contribution in [-0.2, 0) is 14.8 Å². The number of hydrogen-bond acceptors (Lipinski definition) is 5. The zero-order valence-corrected chi connectivity index (χ0v) is 16.2. The molecule has 0 radical (unpaired) electrons. The van der Waals surface area contributed by atoms with E-state index in [0.717, 1.165) is 4.88 Å². The molecule has 1 atom stereocenters. The van der Waals surface area contributed by atoms with Gasteiger partial charge in [-0.05, 0) is 48.6 Å². The second-order valence-electron chi connectivity index (χ2n) is 5.91. The molecule has 6 nitrogen and oxygen atoms in total. The molecule has 1 fully saturated rings. The topological polar surface area (TPSA) is 78.8 Å². The summed E-state index contributed by atoms with van der Waals surface area (Å²) >= 11 is 7.34. The monoisotopic (exact) mass is 411 g/mol. The van der Waals surface area contributed by atoms with E-state index in [1.165, 1.54) is 27.8 Å². The van der Waals surface area contributed by atoms with E-state index in [1.54, 1.807) is 18.3 Å². The van der Waals surface area contributed by atoms with Crippen molar-refractivity contribution in [2.75, 3.05) is 13.1 Å². The van der Waals surface area contributed by atoms with Gasteiger partial charge in [-0.25, -0.2) is 13.8 Å². The Labute approximate surface area is 161 Å². The lowest BCUT2D eigenvalue weighted by Gasteiger charge is -2.30. The Morgan fingerprint density at radius 3 is 2.77 bits per heavy atom. The van der Waals surface area contributed by atoms with Gasteiger partial charge in [0.25, 0.3) is 0 Å². The molecule has 3 rings (SSSR count). The lowest BCUT2D eigenvalue weighted by Crippen LogP contribution is -2.44. The molecule has 2 heterocycles. The van der Waals surface area contributed by atoms with E-state index in [9.17, 15) is 13.2 Å². The fourth-order valence-corrected chi connectivity index (χ4v) is 4.98. The van der Waals surface area contributed by atoms with Gasteiger partial charge in [0.15, 0.2) is 0 Å². The number of nitrogens with zero attached hydrogens (tertiary/aromatic N) is 2. The molecule has 1 aliphatic heterocycles. The Bertz CT molecular complexity index is 880. The average Bonchev–Trinajstić information content (AvgIpc) is 3.15. The number of halogens is 1. The van der Waals surface area contributed by atoms with Crippen LogP contribution in [0.2, 0.25) is 5.02 Å². The molecule has 1 saturated heterocycles. The van der Waals surface area contributed by atoms with Gasteiger partial charge in [0.1, 0.15) is 0 Å². The summed E-state index contributed by atoms with van der Waals surface area (Å²) in [6.45, 7) is 0.540. The Hall–Kier alpha value is -1.74. The molecule has 0 saturated carbocycles. The molecule has 0 bridgehead atoms. The van der Waals surface area contributed by atoms with E-state index in [2.05, 4.69) is 10.5 Å². The van der Waals surface area contributed by atoms with Gasteiger partial charge in [0.05, 0.1) is 17.0 Å². The van der Waals surface area contributed by atoms with Crippen LogP contribution in [0.3, 0.4) is 0 Å². The van der Waals surface area contributed by atoms with Crippen molar-refractivity contribution >= 4 is 45.1 Å². The molecule has 26 heavy (non-hydrogen) atoms. The first-order valence-corrected chi connectivity index (χ1v) is 10.8. The van der Waals surface area contributed by atoms with E-state index in [0.29, 0.717) is 24.4 Å². The van der Waals surface area contributed by atoms with Crippen molar-refractivity contribution in [1.82, 2.24) is 9.73 Å². The summed E-state index contributed by atoms with van der Waals surface area (Å²) in [5.41, 5.74) is 2.51. The van der Waals surface area contributed by atoms with Crippen LogP contribution < -0.4 is 5.43 Å². The zero-order valence-electron chi connectivity index (χ0n) is 13.8. The fraction of sp³-hybridized carbons (Fsp3) is 0.294. The van der Waals surface area contributed by atoms with Gasteiger partial charge in [-0.15, -0.1) is 11.3 Å². The van der Waals surface area contributed by atoms with Crippen LogP contribution in [0.5, 0.6) is 0 Å². The maximum Gasteiger partial charge on any atom is 0.244 e. The Kier molecular flexibility index (Phi) is 6.08. The lowest BCUT2D eigenvalue weighted by atomic mass is 9.99. The highest BCUT2D eigenvalue weighted by atomic mass is 35.5. The minimum atomic E-state index is -3.64. The number of carbonyl (C=O) groups excluding carboxylic acids is 1. The van der Waals surface area contributed by atoms with Crippen LogP contribution in [0.4, 0.5) is 0 Å². The van der Waals surface area contributed by atoms with Gasteiger partial charge in [-0.1, -0.05) is 17.7 Å². The highest BCUT2D eigenvalue weighted by Gasteiger charge is 2.33. The van der Waals surface area contributed by atoms with Gasteiger partial charge in [-0.2, -0.15) is 9.41 Å². The molecule has 1 aromatic heterocycles. The average molecular weight is 412 g/mol. The summed E-state index contributed by atoms with van der Waals surface area (Å²) in [4.78, 5) is 13.4. The molecule has 138 valence electrons. The summed E-state index contributed by atoms with van der Waals surface area (Å²) in [6, 6.07) is 9.83. The number of carbonyl (C=O) groups is 1. The largest absolute Gasteiger partial charge is 0.273 e. The van der Waals surface area contributed by atoms with Crippen LogP contribution in [0, 0.1) is 5.92 Å². The van der Waals surface area contributed by atoms with Crippen LogP contribution >= 0.6 is 22.9 Å². The van der Waals surface area contributed by atoms with Crippen molar-refractivity contribution in [3.63, 3.8) is 0 Å². The first-order valence-electron chi connectivity index (χ1n) is 8.09. The van der Waals surface area contributed by atoms with Crippen molar-refractivity contribution in [1.29, 1.82) is 0 Å². The third-order valence-corrected chi connectivity index (χ3v) is 7.05. The minimum absolute atomic E-state index is 0.144. The first-order chi connectivity index (χ1) is 12.5. The standard InChI is InChI=1S/C17H18ClN3O3S2/c18-14-5-7-16(8-6-14)26(23,24)21-9-1-3-13(12-21)17(22)20-19-11-15-4-2-10-25-15/h2,4-8,10-11,13H,1,3,9,12H2,(H,20,22)/b19-11-/t13-/m1/s1. The van der Waals surface area contributed by atoms with Gasteiger partial charge in [0, 0.05) is 23.0 Å². The highest BCUT2D eigenvalue weighted by Crippen LogP contribution is 2.24. The maximum atomic E-state index is 12.8. The smallest absolute Gasteiger partial charge is 0.244 e. The molecule has 1 aromatic carbocycles. The first kappa shape index (κ1) is 19.0. The number of piperidine rings is 1. The maximum absolute atomic E-state index is 12.8. The number of amides is 1. The molecule has 1 N–H and O–H groups in total. The van der Waals surface area contributed by atoms with Gasteiger partial charge < -0.3 is 0 Å². The number of hydrazone groups is 1. The van der Waals surface area contributed by atoms with Crippen LogP contribution in [0.15, 0.2) is 51.8 Å². The Balaban J connectivity index is 1.64. The normalized spacial score (nSPS) is 18.9. The van der Waals surface area contributed by atoms with E-state index in [1.807, 2.05) is 17.5 Å². The van der Waals surface area contributed by atoms with Crippen molar-refractivity contribution in [3.8, 4) is 0 Å². The molecule has 0 spiro atoms. The summed E-state index contributed by atoms with van der Waals surface area (Å²) in [5, 5.41) is 6.34. The number of rotatable bonds is 5. The van der Waals surface area contributed by atoms with E-state index in [-0.39, 0.29) is 17.3 Å². The fourth-order valence-electron chi connectivity index (χ4n) is 2.75. The minimum Gasteiger partial charge on any atom is -0.273 e. The predicted molar refractivity (Wildman–Crippen MR) is 103 cm³/mol. The highest BCUT2D eigenvalue weighted by molar-refractivity contribution is 7.89. The summed E-state index contributed by atoms with van der Waals surface area (Å²) in [6.07, 6.45) is 2.83. The number of nitrogens with one attached hydrogen (secondary N) is 1. The molecule has 9 heteroatoms. The summed E-state index contributed by atoms with van der Waals surface area (Å²) in [5.74, 6) is -0.694. The summed E-state index contributed by atoms with van der Waals surface area (Å²) in [7, 11) is -3.64. The second-order valence-corrected chi connectivity index (χ2v) is 9.26. The van der Waals surface area contributed by atoms with Crippen molar-refractivity contribution in [3.05, 3.63) is 51.7 Å². The number of hydrogen-bond donors (Lipinski definition) is 1. The van der Waals surface area contributed by atoms with Gasteiger partial charge >= 0.3 is 0 Å². The molecular weight excluding hydrogens is 394 g/mol. The van der Waals surface area contributed by atoms with Crippen molar-refractivity contribution in [2.24, 2.45) is 11.0 Å². The van der Waals surface area contributed by atoms with Gasteiger partial charge in [0.2, 0.25) is 15.9 Å². The third kappa shape index (κ3) is 4.50. The Morgan fingerprint density at radius 2 is 2.08 bits per heavy atom. The second kappa shape index (κ2) is 8.30. The number of sulfonamides is 1. The SMILES string of the molecule is O=C(N/N=C\c1cccs1)[C@@H]1CCCN(S(=O)(=O)c2ccc(Cl)cc2)C1. The molecule has 2 aromatic rings. The van der Waals surface area contributed by atoms with E-state index < -0.39 is 15.9 Å². The lowest BCUT2D eigenvalue weighted by molar-refractivity contribution is -0.126. The van der Waals surface area contributed by atoms with Gasteiger partial charge in [-0.3, -0.25) is 4.79 Å². The van der Waals surface area contributed by atoms with Crippen LogP contribution in [0.25, 0.3) is 0 Å². The predicted octanol–water partition coefficient (Wildman–Crippen LogP) is 2.95. The van der Waals surface area contributed by atoms with E-state index in [4.69, 9.17) is 11.6 Å². The molecule has 1 amide bonds. The Morgan fingerprint density at radius 1 is 1.31 bits per heavy atom. The van der Waals surface area contributed by atoms with E-state index >= 15 is 0 Å². The molecule has 0 aliphatic carbocycles. The molecule has 1 aliphatic rings. The van der Waals surface area contributed by atoms with Crippen molar-refractivity contribution < 1.29 is 13.2 Å².